The van der Waals surface area contributed by atoms with Gasteiger partial charge in [0.25, 0.3) is 0 Å². The Bertz CT molecular complexity index is 924. The zero-order valence-corrected chi connectivity index (χ0v) is 25.4. The van der Waals surface area contributed by atoms with Crippen molar-refractivity contribution in [2.75, 3.05) is 6.54 Å². The van der Waals surface area contributed by atoms with Gasteiger partial charge in [0.15, 0.2) is 0 Å². The maximum atomic E-state index is 13.1. The lowest BCUT2D eigenvalue weighted by atomic mass is 9.98. The van der Waals surface area contributed by atoms with E-state index in [1.54, 1.807) is 0 Å². The van der Waals surface area contributed by atoms with Crippen LogP contribution in [0.4, 0.5) is 0 Å². The normalized spacial score (nSPS) is 17.5. The van der Waals surface area contributed by atoms with Crippen LogP contribution < -0.4 is 10.6 Å². The largest absolute Gasteiger partial charge is 0.372 e. The molecule has 1 aliphatic rings. The minimum Gasteiger partial charge on any atom is -0.372 e. The summed E-state index contributed by atoms with van der Waals surface area (Å²) in [6.07, 6.45) is 13.5. The molecule has 2 N–H and O–H groups in total. The summed E-state index contributed by atoms with van der Waals surface area (Å²) >= 11 is 0. The Morgan fingerprint density at radius 3 is 2.18 bits per heavy atom. The van der Waals surface area contributed by atoms with Crippen LogP contribution in [-0.4, -0.2) is 30.6 Å². The standard InChI is InChI=1S/C31H42N2O2.2C2H6/c1-3-13-25(4-2)18-11-20-28(21-12-19-26-14-7-5-8-15-26)33-31(34)30-22-29(23-32-30)35-24-27-16-9-6-10-17-27;2*1-2/h3-10,13-17,28-30,32H,11-12,18-24H2,1-2H3,(H,33,34);2*1-2H3/b13-3-,25-4+;;/t28?,29-,30?;;/m1../s1. The molecule has 4 heteroatoms. The molecule has 2 aromatic rings. The highest BCUT2D eigenvalue weighted by Gasteiger charge is 2.30. The Kier molecular flexibility index (Phi) is 19.5. The van der Waals surface area contributed by atoms with Crippen LogP contribution >= 0.6 is 0 Å². The van der Waals surface area contributed by atoms with Crippen molar-refractivity contribution in [2.45, 2.75) is 111 Å². The fraction of sp³-hybridized carbons (Fsp3) is 0.514. The molecule has 4 nitrogen and oxygen atoms in total. The van der Waals surface area contributed by atoms with Crippen LogP contribution in [0.25, 0.3) is 0 Å². The SMILES string of the molecule is C/C=C\C(=C/C)CCCC(CCCc1ccccc1)NC(=O)C1C[C@@H](OCc2ccccc2)CN1.CC.CC. The topological polar surface area (TPSA) is 50.4 Å². The van der Waals surface area contributed by atoms with Gasteiger partial charge in [0.1, 0.15) is 0 Å². The van der Waals surface area contributed by atoms with Crippen molar-refractivity contribution in [3.8, 4) is 0 Å². The monoisotopic (exact) mass is 534 g/mol. The van der Waals surface area contributed by atoms with E-state index >= 15 is 0 Å². The first-order chi connectivity index (χ1) is 19.2. The molecule has 0 aliphatic carbocycles. The molecule has 2 aromatic carbocycles. The molecule has 3 rings (SSSR count). The molecule has 1 amide bonds. The van der Waals surface area contributed by atoms with Gasteiger partial charge in [0, 0.05) is 12.6 Å². The van der Waals surface area contributed by atoms with E-state index in [9.17, 15) is 4.79 Å². The lowest BCUT2D eigenvalue weighted by Gasteiger charge is -2.21. The molecule has 1 heterocycles. The summed E-state index contributed by atoms with van der Waals surface area (Å²) in [4.78, 5) is 13.1. The Morgan fingerprint density at radius 1 is 0.949 bits per heavy atom. The van der Waals surface area contributed by atoms with Gasteiger partial charge in [0.05, 0.1) is 18.8 Å². The molecule has 0 spiro atoms. The molecule has 0 radical (unpaired) electrons. The Hall–Kier alpha value is -2.69. The Morgan fingerprint density at radius 2 is 1.56 bits per heavy atom. The predicted octanol–water partition coefficient (Wildman–Crippen LogP) is 8.19. The van der Waals surface area contributed by atoms with Crippen molar-refractivity contribution < 1.29 is 9.53 Å². The Labute approximate surface area is 239 Å². The number of carbonyl (C=O) groups is 1. The number of ether oxygens (including phenoxy) is 1. The third-order valence-electron chi connectivity index (χ3n) is 6.71. The summed E-state index contributed by atoms with van der Waals surface area (Å²) in [5, 5.41) is 6.74. The van der Waals surface area contributed by atoms with Crippen molar-refractivity contribution in [2.24, 2.45) is 0 Å². The average molecular weight is 535 g/mol. The van der Waals surface area contributed by atoms with E-state index in [4.69, 9.17) is 4.74 Å². The van der Waals surface area contributed by atoms with Crippen molar-refractivity contribution in [1.82, 2.24) is 10.6 Å². The molecule has 2 unspecified atom stereocenters. The van der Waals surface area contributed by atoms with Crippen molar-refractivity contribution >= 4 is 5.91 Å². The first kappa shape index (κ1) is 34.3. The summed E-state index contributed by atoms with van der Waals surface area (Å²) < 4.78 is 6.06. The predicted molar refractivity (Wildman–Crippen MR) is 168 cm³/mol. The van der Waals surface area contributed by atoms with Gasteiger partial charge in [0.2, 0.25) is 5.91 Å². The number of allylic oxidation sites excluding steroid dienone is 4. The maximum Gasteiger partial charge on any atom is 0.237 e. The zero-order valence-electron chi connectivity index (χ0n) is 25.4. The fourth-order valence-corrected chi connectivity index (χ4v) is 4.70. The molecule has 216 valence electrons. The average Bonchev–Trinajstić information content (AvgIpc) is 3.48. The number of aryl methyl sites for hydroxylation is 1. The van der Waals surface area contributed by atoms with E-state index in [0.717, 1.165) is 57.1 Å². The van der Waals surface area contributed by atoms with Crippen molar-refractivity contribution in [3.63, 3.8) is 0 Å². The molecular formula is C35H54N2O2. The van der Waals surface area contributed by atoms with Crippen molar-refractivity contribution in [3.05, 3.63) is 95.6 Å². The van der Waals surface area contributed by atoms with Crippen LogP contribution in [0.2, 0.25) is 0 Å². The Balaban J connectivity index is 0.00000181. The lowest BCUT2D eigenvalue weighted by Crippen LogP contribution is -2.45. The summed E-state index contributed by atoms with van der Waals surface area (Å²) in [6.45, 7) is 13.5. The summed E-state index contributed by atoms with van der Waals surface area (Å²) in [6, 6.07) is 20.8. The van der Waals surface area contributed by atoms with Crippen LogP contribution in [0.1, 0.15) is 91.2 Å². The van der Waals surface area contributed by atoms with E-state index in [-0.39, 0.29) is 24.1 Å². The maximum absolute atomic E-state index is 13.1. The second-order valence-corrected chi connectivity index (χ2v) is 9.45. The molecule has 0 aromatic heterocycles. The number of benzene rings is 2. The van der Waals surface area contributed by atoms with Gasteiger partial charge in [-0.1, -0.05) is 112 Å². The van der Waals surface area contributed by atoms with Gasteiger partial charge in [-0.15, -0.1) is 0 Å². The first-order valence-electron chi connectivity index (χ1n) is 15.2. The second-order valence-electron chi connectivity index (χ2n) is 9.45. The van der Waals surface area contributed by atoms with E-state index in [1.165, 1.54) is 11.1 Å². The lowest BCUT2D eigenvalue weighted by molar-refractivity contribution is -0.123. The number of carbonyl (C=O) groups excluding carboxylic acids is 1. The minimum absolute atomic E-state index is 0.0700. The van der Waals surface area contributed by atoms with E-state index < -0.39 is 0 Å². The molecule has 0 bridgehead atoms. The van der Waals surface area contributed by atoms with Gasteiger partial charge >= 0.3 is 0 Å². The van der Waals surface area contributed by atoms with Crippen LogP contribution in [0.3, 0.4) is 0 Å². The first-order valence-corrected chi connectivity index (χ1v) is 15.2. The van der Waals surface area contributed by atoms with Crippen LogP contribution in [0.5, 0.6) is 0 Å². The smallest absolute Gasteiger partial charge is 0.237 e. The van der Waals surface area contributed by atoms with Gasteiger partial charge in [-0.3, -0.25) is 4.79 Å². The fourth-order valence-electron chi connectivity index (χ4n) is 4.70. The van der Waals surface area contributed by atoms with E-state index in [0.29, 0.717) is 6.61 Å². The van der Waals surface area contributed by atoms with E-state index in [2.05, 4.69) is 85.2 Å². The highest BCUT2D eigenvalue weighted by Crippen LogP contribution is 2.17. The number of hydrogen-bond donors (Lipinski definition) is 2. The van der Waals surface area contributed by atoms with Crippen molar-refractivity contribution in [1.29, 1.82) is 0 Å². The zero-order chi connectivity index (χ0) is 28.7. The molecule has 39 heavy (non-hydrogen) atoms. The molecule has 1 aliphatic heterocycles. The van der Waals surface area contributed by atoms with Crippen LogP contribution in [-0.2, 0) is 22.6 Å². The van der Waals surface area contributed by atoms with Crippen LogP contribution in [0, 0.1) is 0 Å². The molecule has 0 saturated carbocycles. The quantitative estimate of drug-likeness (QED) is 0.240. The molecule has 3 atom stereocenters. The third-order valence-corrected chi connectivity index (χ3v) is 6.71. The summed E-state index contributed by atoms with van der Waals surface area (Å²) in [5.74, 6) is 0.111. The van der Waals surface area contributed by atoms with Gasteiger partial charge < -0.3 is 15.4 Å². The van der Waals surface area contributed by atoms with Gasteiger partial charge in [-0.2, -0.15) is 0 Å². The van der Waals surface area contributed by atoms with Gasteiger partial charge in [-0.25, -0.2) is 0 Å². The number of nitrogens with one attached hydrogen (secondary N) is 2. The third kappa shape index (κ3) is 14.3. The molecular weight excluding hydrogens is 480 g/mol. The number of hydrogen-bond acceptors (Lipinski definition) is 3. The number of rotatable bonds is 14. The summed E-state index contributed by atoms with van der Waals surface area (Å²) in [5.41, 5.74) is 3.88. The number of amides is 1. The van der Waals surface area contributed by atoms with Crippen LogP contribution in [0.15, 0.2) is 84.5 Å². The second kappa shape index (κ2) is 22.2. The summed E-state index contributed by atoms with van der Waals surface area (Å²) in [7, 11) is 0. The molecule has 1 saturated heterocycles. The molecule has 1 fully saturated rings. The minimum atomic E-state index is -0.179. The van der Waals surface area contributed by atoms with E-state index in [1.807, 2.05) is 45.9 Å². The highest BCUT2D eigenvalue weighted by atomic mass is 16.5. The highest BCUT2D eigenvalue weighted by molar-refractivity contribution is 5.82. The van der Waals surface area contributed by atoms with Gasteiger partial charge in [-0.05, 0) is 69.9 Å².